The van der Waals surface area contributed by atoms with Crippen molar-refractivity contribution in [3.05, 3.63) is 89.7 Å². The molecule has 1 aromatic heterocycles. The van der Waals surface area contributed by atoms with Crippen LogP contribution in [0.5, 0.6) is 0 Å². The van der Waals surface area contributed by atoms with E-state index in [0.29, 0.717) is 36.2 Å². The molecule has 0 amide bonds. The summed E-state index contributed by atoms with van der Waals surface area (Å²) in [6, 6.07) is 14.7. The molecule has 0 bridgehead atoms. The second-order valence-electron chi connectivity index (χ2n) is 10.7. The van der Waals surface area contributed by atoms with Gasteiger partial charge >= 0.3 is 18.3 Å². The number of nitrogens with two attached hydrogens (primary N) is 1. The molecule has 4 rings (SSSR count). The molecule has 1 atom stereocenters. The van der Waals surface area contributed by atoms with Crippen molar-refractivity contribution in [1.82, 2.24) is 14.8 Å². The predicted octanol–water partition coefficient (Wildman–Crippen LogP) is 5.03. The number of hydrogen-bond acceptors (Lipinski definition) is 7. The highest BCUT2D eigenvalue weighted by atomic mass is 19.4. The van der Waals surface area contributed by atoms with Gasteiger partial charge in [-0.1, -0.05) is 48.5 Å². The number of halogens is 6. The highest BCUT2D eigenvalue weighted by molar-refractivity contribution is 5.69. The van der Waals surface area contributed by atoms with E-state index in [1.54, 1.807) is 24.5 Å². The molecular formula is C31H34F6N4O3. The first-order valence-electron chi connectivity index (χ1n) is 14.1. The number of hydrogen-bond donors (Lipinski definition) is 2. The molecule has 0 radical (unpaired) electrons. The normalized spacial score (nSPS) is 17.0. The lowest BCUT2D eigenvalue weighted by Gasteiger charge is -2.41. The van der Waals surface area contributed by atoms with Crippen LogP contribution in [0.1, 0.15) is 29.5 Å². The van der Waals surface area contributed by atoms with E-state index in [-0.39, 0.29) is 31.6 Å². The number of nitrogens with zero attached hydrogens (tertiary/aromatic N) is 3. The monoisotopic (exact) mass is 624 g/mol. The van der Waals surface area contributed by atoms with Gasteiger partial charge in [0.25, 0.3) is 5.60 Å². The minimum Gasteiger partial charge on any atom is -0.464 e. The molecule has 44 heavy (non-hydrogen) atoms. The van der Waals surface area contributed by atoms with E-state index in [4.69, 9.17) is 10.5 Å². The van der Waals surface area contributed by atoms with E-state index in [0.717, 1.165) is 49.4 Å². The van der Waals surface area contributed by atoms with Crippen molar-refractivity contribution in [2.24, 2.45) is 5.73 Å². The summed E-state index contributed by atoms with van der Waals surface area (Å²) in [7, 11) is 0. The Morgan fingerprint density at radius 1 is 0.864 bits per heavy atom. The van der Waals surface area contributed by atoms with Gasteiger partial charge < -0.3 is 15.6 Å². The Hall–Kier alpha value is -3.52. The fourth-order valence-corrected chi connectivity index (χ4v) is 5.29. The zero-order valence-electron chi connectivity index (χ0n) is 23.8. The van der Waals surface area contributed by atoms with Gasteiger partial charge in [0.15, 0.2) is 0 Å². The lowest BCUT2D eigenvalue weighted by molar-refractivity contribution is -0.376. The van der Waals surface area contributed by atoms with Crippen LogP contribution in [0.4, 0.5) is 26.3 Å². The number of carbonyl (C=O) groups excluding carboxylic acids is 1. The van der Waals surface area contributed by atoms with Gasteiger partial charge in [0.05, 0.1) is 0 Å². The number of pyridine rings is 1. The standard InChI is InChI=1S/C31H34F6N4O3/c32-30(33,34)29(43,31(35,36)37)26-7-5-25(6-8-26)24-3-1-22(2-4-24)20-41-17-16-40(19-23-11-14-39-15-12-23)21-27(41)9-10-28(42)44-18-13-38/h1-8,11-12,14-15,27,43H,9-10,13,16-21,38H2/t27-/m0/s1. The maximum absolute atomic E-state index is 13.2. The summed E-state index contributed by atoms with van der Waals surface area (Å²) < 4.78 is 84.5. The number of alkyl halides is 6. The number of aliphatic hydroxyl groups is 1. The molecule has 1 aliphatic heterocycles. The van der Waals surface area contributed by atoms with Crippen LogP contribution in [0.15, 0.2) is 73.1 Å². The Kier molecular flexibility index (Phi) is 10.7. The van der Waals surface area contributed by atoms with Gasteiger partial charge in [0.2, 0.25) is 0 Å². The molecule has 2 heterocycles. The molecule has 7 nitrogen and oxygen atoms in total. The fraction of sp³-hybridized carbons (Fsp3) is 0.419. The molecule has 0 saturated carbocycles. The van der Waals surface area contributed by atoms with Crippen LogP contribution in [-0.2, 0) is 28.2 Å². The molecule has 3 N–H and O–H groups in total. The molecular weight excluding hydrogens is 590 g/mol. The number of aromatic nitrogens is 1. The van der Waals surface area contributed by atoms with Crippen molar-refractivity contribution in [3.8, 4) is 11.1 Å². The molecule has 13 heteroatoms. The van der Waals surface area contributed by atoms with Crippen molar-refractivity contribution >= 4 is 5.97 Å². The van der Waals surface area contributed by atoms with E-state index in [2.05, 4.69) is 14.8 Å². The van der Waals surface area contributed by atoms with Crippen molar-refractivity contribution in [1.29, 1.82) is 0 Å². The molecule has 238 valence electrons. The number of ether oxygens (including phenoxy) is 1. The number of carbonyl (C=O) groups is 1. The molecule has 0 unspecified atom stereocenters. The Labute approximate surface area is 251 Å². The SMILES string of the molecule is NCCOC(=O)CC[C@H]1CN(Cc2ccncc2)CCN1Cc1ccc(-c2ccc(C(O)(C(F)(F)F)C(F)(F)F)cc2)cc1. The number of piperazine rings is 1. The zero-order chi connectivity index (χ0) is 32.0. The first kappa shape index (κ1) is 33.4. The second kappa shape index (κ2) is 14.1. The van der Waals surface area contributed by atoms with E-state index < -0.39 is 23.5 Å². The maximum Gasteiger partial charge on any atom is 0.430 e. The highest BCUT2D eigenvalue weighted by Crippen LogP contribution is 2.50. The van der Waals surface area contributed by atoms with Crippen LogP contribution in [-0.4, -0.2) is 77.0 Å². The van der Waals surface area contributed by atoms with Crippen molar-refractivity contribution in [3.63, 3.8) is 0 Å². The van der Waals surface area contributed by atoms with Gasteiger partial charge in [-0.25, -0.2) is 0 Å². The predicted molar refractivity (Wildman–Crippen MR) is 151 cm³/mol. The van der Waals surface area contributed by atoms with Crippen LogP contribution in [0.3, 0.4) is 0 Å². The summed E-state index contributed by atoms with van der Waals surface area (Å²) in [5, 5.41) is 9.64. The molecule has 2 aromatic carbocycles. The summed E-state index contributed by atoms with van der Waals surface area (Å²) in [5.74, 6) is -0.305. The Bertz CT molecular complexity index is 1340. The third-order valence-electron chi connectivity index (χ3n) is 7.70. The van der Waals surface area contributed by atoms with Gasteiger partial charge in [0.1, 0.15) is 6.61 Å². The first-order chi connectivity index (χ1) is 20.8. The van der Waals surface area contributed by atoms with Crippen molar-refractivity contribution in [2.45, 2.75) is 49.9 Å². The van der Waals surface area contributed by atoms with Gasteiger partial charge in [-0.3, -0.25) is 19.6 Å². The van der Waals surface area contributed by atoms with E-state index >= 15 is 0 Å². The zero-order valence-corrected chi connectivity index (χ0v) is 23.8. The lowest BCUT2D eigenvalue weighted by atomic mass is 9.90. The number of esters is 1. The first-order valence-corrected chi connectivity index (χ1v) is 14.1. The smallest absolute Gasteiger partial charge is 0.430 e. The summed E-state index contributed by atoms with van der Waals surface area (Å²) in [6.07, 6.45) is -7.55. The summed E-state index contributed by atoms with van der Waals surface area (Å²) >= 11 is 0. The third kappa shape index (κ3) is 7.95. The molecule has 3 aromatic rings. The maximum atomic E-state index is 13.2. The van der Waals surface area contributed by atoms with E-state index in [1.807, 2.05) is 24.3 Å². The van der Waals surface area contributed by atoms with Crippen LogP contribution in [0.2, 0.25) is 0 Å². The molecule has 1 fully saturated rings. The van der Waals surface area contributed by atoms with Gasteiger partial charge in [-0.05, 0) is 40.8 Å². The summed E-state index contributed by atoms with van der Waals surface area (Å²) in [5.41, 5.74) is 2.22. The van der Waals surface area contributed by atoms with Crippen LogP contribution < -0.4 is 5.73 Å². The van der Waals surface area contributed by atoms with Gasteiger partial charge in [0, 0.05) is 69.7 Å². The summed E-state index contributed by atoms with van der Waals surface area (Å²) in [4.78, 5) is 20.9. The van der Waals surface area contributed by atoms with E-state index in [1.165, 1.54) is 0 Å². The minimum absolute atomic E-state index is 0.0595. The van der Waals surface area contributed by atoms with Crippen LogP contribution in [0, 0.1) is 0 Å². The van der Waals surface area contributed by atoms with Crippen molar-refractivity contribution < 1.29 is 41.0 Å². The summed E-state index contributed by atoms with van der Waals surface area (Å²) in [6.45, 7) is 4.04. The van der Waals surface area contributed by atoms with Gasteiger partial charge in [-0.2, -0.15) is 26.3 Å². The molecule has 1 saturated heterocycles. The molecule has 1 aliphatic rings. The van der Waals surface area contributed by atoms with E-state index in [9.17, 15) is 36.2 Å². The highest BCUT2D eigenvalue weighted by Gasteiger charge is 2.71. The van der Waals surface area contributed by atoms with Crippen molar-refractivity contribution in [2.75, 3.05) is 32.8 Å². The fourth-order valence-electron chi connectivity index (χ4n) is 5.29. The molecule has 0 aliphatic carbocycles. The Morgan fingerprint density at radius 3 is 2.00 bits per heavy atom. The topological polar surface area (TPSA) is 91.9 Å². The third-order valence-corrected chi connectivity index (χ3v) is 7.70. The Balaban J connectivity index is 1.45. The Morgan fingerprint density at radius 2 is 1.43 bits per heavy atom. The lowest BCUT2D eigenvalue weighted by Crippen LogP contribution is -2.53. The van der Waals surface area contributed by atoms with Gasteiger partial charge in [-0.15, -0.1) is 0 Å². The second-order valence-corrected chi connectivity index (χ2v) is 10.7. The number of rotatable bonds is 11. The minimum atomic E-state index is -5.94. The number of benzene rings is 2. The van der Waals surface area contributed by atoms with Crippen LogP contribution >= 0.6 is 0 Å². The quantitative estimate of drug-likeness (QED) is 0.229. The average molecular weight is 625 g/mol. The van der Waals surface area contributed by atoms with Crippen LogP contribution in [0.25, 0.3) is 11.1 Å². The molecule has 0 spiro atoms. The largest absolute Gasteiger partial charge is 0.464 e. The average Bonchev–Trinajstić information content (AvgIpc) is 2.99.